The van der Waals surface area contributed by atoms with Crippen molar-refractivity contribution in [2.75, 3.05) is 32.5 Å². The number of anilines is 1. The van der Waals surface area contributed by atoms with Crippen LogP contribution in [0.3, 0.4) is 0 Å². The van der Waals surface area contributed by atoms with Gasteiger partial charge in [-0.05, 0) is 7.05 Å². The number of hydrogen-bond donors (Lipinski definition) is 4. The van der Waals surface area contributed by atoms with Crippen molar-refractivity contribution in [1.29, 1.82) is 0 Å². The molecule has 1 saturated heterocycles. The van der Waals surface area contributed by atoms with Crippen molar-refractivity contribution in [1.82, 2.24) is 24.4 Å². The predicted molar refractivity (Wildman–Crippen MR) is 83.3 cm³/mol. The highest BCUT2D eigenvalue weighted by Crippen LogP contribution is 2.32. The summed E-state index contributed by atoms with van der Waals surface area (Å²) >= 11 is 0. The van der Waals surface area contributed by atoms with E-state index >= 15 is 0 Å². The van der Waals surface area contributed by atoms with Crippen LogP contribution in [-0.4, -0.2) is 79.7 Å². The van der Waals surface area contributed by atoms with Gasteiger partial charge in [-0.25, -0.2) is 20.8 Å². The third kappa shape index (κ3) is 3.05. The maximum Gasteiger partial charge on any atom is 0.167 e. The Morgan fingerprint density at radius 3 is 2.88 bits per heavy atom. The lowest BCUT2D eigenvalue weighted by molar-refractivity contribution is -0.0436. The summed E-state index contributed by atoms with van der Waals surface area (Å²) in [6.45, 7) is 1.33. The minimum atomic E-state index is -1.12. The molecule has 6 N–H and O–H groups in total. The van der Waals surface area contributed by atoms with Crippen LogP contribution < -0.4 is 11.6 Å². The van der Waals surface area contributed by atoms with E-state index in [1.807, 2.05) is 11.9 Å². The summed E-state index contributed by atoms with van der Waals surface area (Å²) in [7, 11) is 1.84. The predicted octanol–water partition coefficient (Wildman–Crippen LogP) is -2.15. The first-order valence-electron chi connectivity index (χ1n) is 7.47. The van der Waals surface area contributed by atoms with Crippen molar-refractivity contribution in [3.63, 3.8) is 0 Å². The minimum absolute atomic E-state index is 0.241. The fourth-order valence-corrected chi connectivity index (χ4v) is 2.77. The lowest BCUT2D eigenvalue weighted by Crippen LogP contribution is -2.39. The first-order valence-corrected chi connectivity index (χ1v) is 7.47. The van der Waals surface area contributed by atoms with Crippen LogP contribution in [0.25, 0.3) is 11.2 Å². The number of hydrogen-bond acceptors (Lipinski definition) is 10. The van der Waals surface area contributed by atoms with E-state index in [0.717, 1.165) is 0 Å². The van der Waals surface area contributed by atoms with E-state index in [1.54, 1.807) is 4.57 Å². The summed E-state index contributed by atoms with van der Waals surface area (Å²) in [6.07, 6.45) is -0.792. The van der Waals surface area contributed by atoms with Gasteiger partial charge < -0.3 is 30.4 Å². The average Bonchev–Trinajstić information content (AvgIpc) is 3.10. The Bertz CT molecular complexity index is 696. The number of nitrogen functional groups attached to an aromatic ring is 1. The first-order chi connectivity index (χ1) is 11.5. The molecule has 2 aromatic rings. The van der Waals surface area contributed by atoms with E-state index in [0.29, 0.717) is 30.9 Å². The summed E-state index contributed by atoms with van der Waals surface area (Å²) in [4.78, 5) is 18.6. The van der Waals surface area contributed by atoms with E-state index in [4.69, 9.17) is 16.4 Å². The molecule has 11 heteroatoms. The van der Waals surface area contributed by atoms with Crippen molar-refractivity contribution in [3.8, 4) is 0 Å². The number of rotatable bonds is 6. The smallest absolute Gasteiger partial charge is 0.167 e. The topological polar surface area (TPSA) is 158 Å². The Morgan fingerprint density at radius 2 is 2.12 bits per heavy atom. The molecule has 2 aromatic heterocycles. The monoisotopic (exact) mass is 339 g/mol. The molecular formula is C13H21N7O4. The van der Waals surface area contributed by atoms with Crippen LogP contribution in [-0.2, 0) is 9.57 Å². The number of fused-ring (bicyclic) bond motifs is 1. The zero-order valence-corrected chi connectivity index (χ0v) is 13.2. The van der Waals surface area contributed by atoms with Crippen molar-refractivity contribution < 1.29 is 19.8 Å². The molecule has 4 atom stereocenters. The Morgan fingerprint density at radius 1 is 1.33 bits per heavy atom. The Balaban J connectivity index is 1.78. The molecule has 0 spiro atoms. The molecule has 3 heterocycles. The van der Waals surface area contributed by atoms with Crippen molar-refractivity contribution in [2.24, 2.45) is 5.90 Å². The van der Waals surface area contributed by atoms with Gasteiger partial charge in [0.1, 0.15) is 30.2 Å². The standard InChI is InChI=1S/C13H21N7O4/c1-19(2-3-23-15)4-7-9(21)10(22)13(24-7)20-6-18-8-11(14)16-5-17-12(8)20/h5-7,9-10,13,21-22H,2-4,15H2,1H3,(H2,14,16,17)/t7-,9+,10?,13-/m1/s1. The number of aromatic nitrogens is 4. The summed E-state index contributed by atoms with van der Waals surface area (Å²) < 4.78 is 7.38. The van der Waals surface area contributed by atoms with Gasteiger partial charge in [0.15, 0.2) is 17.7 Å². The molecule has 1 aliphatic heterocycles. The van der Waals surface area contributed by atoms with Crippen LogP contribution in [0.15, 0.2) is 12.7 Å². The fraction of sp³-hybridized carbons (Fsp3) is 0.615. The minimum Gasteiger partial charge on any atom is -0.387 e. The van der Waals surface area contributed by atoms with Crippen LogP contribution in [0.2, 0.25) is 0 Å². The van der Waals surface area contributed by atoms with Gasteiger partial charge in [-0.3, -0.25) is 4.57 Å². The zero-order valence-electron chi connectivity index (χ0n) is 13.2. The van der Waals surface area contributed by atoms with Gasteiger partial charge in [-0.2, -0.15) is 0 Å². The van der Waals surface area contributed by atoms with E-state index < -0.39 is 24.5 Å². The first kappa shape index (κ1) is 17.0. The highest BCUT2D eigenvalue weighted by molar-refractivity contribution is 5.81. The van der Waals surface area contributed by atoms with Gasteiger partial charge in [-0.15, -0.1) is 0 Å². The molecule has 0 amide bonds. The molecule has 0 aromatic carbocycles. The lowest BCUT2D eigenvalue weighted by atomic mass is 10.1. The van der Waals surface area contributed by atoms with Crippen LogP contribution >= 0.6 is 0 Å². The molecule has 24 heavy (non-hydrogen) atoms. The molecule has 0 radical (unpaired) electrons. The summed E-state index contributed by atoms with van der Waals surface area (Å²) in [6, 6.07) is 0. The molecule has 132 valence electrons. The summed E-state index contributed by atoms with van der Waals surface area (Å²) in [5.74, 6) is 5.25. The number of imidazole rings is 1. The number of ether oxygens (including phenoxy) is 1. The maximum atomic E-state index is 10.4. The van der Waals surface area contributed by atoms with Crippen LogP contribution in [0, 0.1) is 0 Å². The zero-order chi connectivity index (χ0) is 17.3. The third-order valence-corrected chi connectivity index (χ3v) is 4.08. The Kier molecular flexibility index (Phi) is 4.89. The maximum absolute atomic E-state index is 10.4. The molecular weight excluding hydrogens is 318 g/mol. The SMILES string of the molecule is CN(CCON)C[C@H]1O[C@@H](n2cnc3c(N)ncnc32)C(O)[C@H]1O. The number of likely N-dealkylation sites (N-methyl/N-ethyl adjacent to an activating group) is 1. The second kappa shape index (κ2) is 6.93. The van der Waals surface area contributed by atoms with Gasteiger partial charge in [0.05, 0.1) is 12.9 Å². The fourth-order valence-electron chi connectivity index (χ4n) is 2.77. The molecule has 0 bridgehead atoms. The number of nitrogens with two attached hydrogens (primary N) is 2. The molecule has 11 nitrogen and oxygen atoms in total. The summed E-state index contributed by atoms with van der Waals surface area (Å²) in [5, 5.41) is 20.6. The second-order valence-electron chi connectivity index (χ2n) is 5.76. The van der Waals surface area contributed by atoms with Gasteiger partial charge >= 0.3 is 0 Å². The Hall–Kier alpha value is -1.89. The van der Waals surface area contributed by atoms with E-state index in [-0.39, 0.29) is 5.82 Å². The second-order valence-corrected chi connectivity index (χ2v) is 5.76. The normalized spacial score (nSPS) is 27.4. The number of aliphatic hydroxyl groups is 2. The van der Waals surface area contributed by atoms with Gasteiger partial charge in [0.25, 0.3) is 0 Å². The average molecular weight is 339 g/mol. The Labute approximate surface area is 137 Å². The molecule has 0 aliphatic carbocycles. The van der Waals surface area contributed by atoms with Crippen molar-refractivity contribution >= 4 is 17.0 Å². The molecule has 1 fully saturated rings. The van der Waals surface area contributed by atoms with E-state index in [2.05, 4.69) is 19.8 Å². The lowest BCUT2D eigenvalue weighted by Gasteiger charge is -2.22. The van der Waals surface area contributed by atoms with Gasteiger partial charge in [0.2, 0.25) is 0 Å². The highest BCUT2D eigenvalue weighted by atomic mass is 16.6. The number of aliphatic hydroxyl groups excluding tert-OH is 2. The van der Waals surface area contributed by atoms with Crippen LogP contribution in [0.4, 0.5) is 5.82 Å². The van der Waals surface area contributed by atoms with Crippen LogP contribution in [0.5, 0.6) is 0 Å². The largest absolute Gasteiger partial charge is 0.387 e. The molecule has 1 aliphatic rings. The number of nitrogens with zero attached hydrogens (tertiary/aromatic N) is 5. The molecule has 3 rings (SSSR count). The van der Waals surface area contributed by atoms with E-state index in [1.165, 1.54) is 12.7 Å². The third-order valence-electron chi connectivity index (χ3n) is 4.08. The van der Waals surface area contributed by atoms with Crippen molar-refractivity contribution in [2.45, 2.75) is 24.5 Å². The van der Waals surface area contributed by atoms with E-state index in [9.17, 15) is 10.2 Å². The van der Waals surface area contributed by atoms with Crippen LogP contribution in [0.1, 0.15) is 6.23 Å². The van der Waals surface area contributed by atoms with Gasteiger partial charge in [0, 0.05) is 13.1 Å². The molecule has 0 saturated carbocycles. The van der Waals surface area contributed by atoms with Crippen molar-refractivity contribution in [3.05, 3.63) is 12.7 Å². The molecule has 1 unspecified atom stereocenters. The summed E-state index contributed by atoms with van der Waals surface area (Å²) in [5.41, 5.74) is 6.62. The quantitative estimate of drug-likeness (QED) is 0.427. The van der Waals surface area contributed by atoms with Gasteiger partial charge in [-0.1, -0.05) is 0 Å². The highest BCUT2D eigenvalue weighted by Gasteiger charge is 2.44.